The van der Waals surface area contributed by atoms with Gasteiger partial charge in [-0.3, -0.25) is 4.79 Å². The van der Waals surface area contributed by atoms with E-state index in [0.717, 1.165) is 5.56 Å². The van der Waals surface area contributed by atoms with Crippen LogP contribution in [0.5, 0.6) is 5.75 Å². The number of rotatable bonds is 5. The highest BCUT2D eigenvalue weighted by Crippen LogP contribution is 2.39. The molecule has 5 nitrogen and oxygen atoms in total. The maximum Gasteiger partial charge on any atom is 0.255 e. The highest BCUT2D eigenvalue weighted by Gasteiger charge is 2.26. The van der Waals surface area contributed by atoms with Crippen LogP contribution in [0, 0.1) is 6.92 Å². The van der Waals surface area contributed by atoms with Gasteiger partial charge in [0.1, 0.15) is 5.75 Å². The minimum Gasteiger partial charge on any atom is -0.495 e. The van der Waals surface area contributed by atoms with E-state index in [1.807, 2.05) is 6.92 Å². The Hall–Kier alpha value is -2.64. The predicted molar refractivity (Wildman–Crippen MR) is 112 cm³/mol. The number of sulfone groups is 1. The first-order valence-electron chi connectivity index (χ1n) is 8.39. The van der Waals surface area contributed by atoms with Gasteiger partial charge in [0, 0.05) is 5.56 Å². The van der Waals surface area contributed by atoms with Gasteiger partial charge in [0.25, 0.3) is 5.91 Å². The van der Waals surface area contributed by atoms with Crippen LogP contribution in [0.3, 0.4) is 0 Å². The molecule has 0 aromatic heterocycles. The molecule has 0 radical (unpaired) electrons. The lowest BCUT2D eigenvalue weighted by molar-refractivity contribution is 0.102. The molecule has 0 aliphatic rings. The Bertz CT molecular complexity index is 1110. The maximum atomic E-state index is 13.2. The molecule has 0 bridgehead atoms. The molecule has 0 spiro atoms. The molecule has 3 rings (SSSR count). The third kappa shape index (κ3) is 3.95. The highest BCUT2D eigenvalue weighted by atomic mass is 79.9. The van der Waals surface area contributed by atoms with Gasteiger partial charge >= 0.3 is 0 Å². The molecule has 0 aliphatic carbocycles. The third-order valence-electron chi connectivity index (χ3n) is 4.18. The second-order valence-corrected chi connectivity index (χ2v) is 8.80. The molecule has 0 atom stereocenters. The minimum atomic E-state index is -3.86. The molecule has 3 aromatic rings. The summed E-state index contributed by atoms with van der Waals surface area (Å²) in [5.41, 5.74) is 1.50. The van der Waals surface area contributed by atoms with E-state index < -0.39 is 15.7 Å². The van der Waals surface area contributed by atoms with Crippen molar-refractivity contribution in [3.05, 3.63) is 82.3 Å². The van der Waals surface area contributed by atoms with Crippen molar-refractivity contribution < 1.29 is 17.9 Å². The smallest absolute Gasteiger partial charge is 0.255 e. The fraction of sp³-hybridized carbons (Fsp3) is 0.0952. The second-order valence-electron chi connectivity index (χ2n) is 6.09. The molecule has 0 aliphatic heterocycles. The number of methoxy groups -OCH3 is 1. The fourth-order valence-electron chi connectivity index (χ4n) is 2.66. The summed E-state index contributed by atoms with van der Waals surface area (Å²) in [6.07, 6.45) is 0. The molecule has 7 heteroatoms. The summed E-state index contributed by atoms with van der Waals surface area (Å²) in [5, 5.41) is 2.71. The summed E-state index contributed by atoms with van der Waals surface area (Å²) in [6.45, 7) is 1.88. The molecule has 0 heterocycles. The monoisotopic (exact) mass is 459 g/mol. The molecule has 144 valence electrons. The first-order valence-corrected chi connectivity index (χ1v) is 10.7. The van der Waals surface area contributed by atoms with Crippen LogP contribution in [0.15, 0.2) is 81.0 Å². The predicted octanol–water partition coefficient (Wildman–Crippen LogP) is 4.85. The lowest BCUT2D eigenvalue weighted by Gasteiger charge is -2.16. The molecule has 28 heavy (non-hydrogen) atoms. The number of hydrogen-bond acceptors (Lipinski definition) is 4. The second kappa shape index (κ2) is 8.16. The summed E-state index contributed by atoms with van der Waals surface area (Å²) in [5.74, 6) is -0.0128. The first-order chi connectivity index (χ1) is 13.3. The van der Waals surface area contributed by atoms with Crippen LogP contribution in [-0.4, -0.2) is 21.4 Å². The average molecular weight is 460 g/mol. The fourth-order valence-corrected chi connectivity index (χ4v) is 4.81. The van der Waals surface area contributed by atoms with E-state index in [4.69, 9.17) is 4.74 Å². The van der Waals surface area contributed by atoms with Crippen molar-refractivity contribution in [3.63, 3.8) is 0 Å². The van der Waals surface area contributed by atoms with Crippen molar-refractivity contribution in [1.82, 2.24) is 0 Å². The van der Waals surface area contributed by atoms with Crippen LogP contribution in [-0.2, 0) is 9.84 Å². The molecule has 0 unspecified atom stereocenters. The van der Waals surface area contributed by atoms with Crippen LogP contribution in [0.1, 0.15) is 15.9 Å². The number of carbonyl (C=O) groups is 1. The van der Waals surface area contributed by atoms with Gasteiger partial charge in [0.2, 0.25) is 9.84 Å². The normalized spacial score (nSPS) is 11.1. The molecule has 3 aromatic carbocycles. The van der Waals surface area contributed by atoms with Gasteiger partial charge < -0.3 is 10.1 Å². The number of anilines is 1. The van der Waals surface area contributed by atoms with Crippen molar-refractivity contribution in [2.45, 2.75) is 16.7 Å². The van der Waals surface area contributed by atoms with Crippen molar-refractivity contribution in [3.8, 4) is 5.75 Å². The maximum absolute atomic E-state index is 13.2. The van der Waals surface area contributed by atoms with E-state index in [0.29, 0.717) is 15.8 Å². The minimum absolute atomic E-state index is 0.0201. The number of nitrogens with one attached hydrogen (secondary N) is 1. The summed E-state index contributed by atoms with van der Waals surface area (Å²) in [6, 6.07) is 18.1. The van der Waals surface area contributed by atoms with Gasteiger partial charge in [0.05, 0.1) is 27.1 Å². The van der Waals surface area contributed by atoms with Crippen molar-refractivity contribution >= 4 is 37.4 Å². The number of carbonyl (C=O) groups excluding carboxylic acids is 1. The van der Waals surface area contributed by atoms with Crippen LogP contribution >= 0.6 is 15.9 Å². The van der Waals surface area contributed by atoms with Gasteiger partial charge in [0.15, 0.2) is 0 Å². The number of benzene rings is 3. The van der Waals surface area contributed by atoms with Crippen LogP contribution < -0.4 is 10.1 Å². The number of aryl methyl sites for hydroxylation is 1. The first kappa shape index (κ1) is 20.1. The average Bonchev–Trinajstić information content (AvgIpc) is 2.70. The molecule has 1 N–H and O–H groups in total. The number of amides is 1. The largest absolute Gasteiger partial charge is 0.495 e. The Kier molecular flexibility index (Phi) is 5.86. The van der Waals surface area contributed by atoms with E-state index in [1.54, 1.807) is 60.7 Å². The number of hydrogen-bond donors (Lipinski definition) is 1. The molecule has 0 fully saturated rings. The van der Waals surface area contributed by atoms with E-state index in [9.17, 15) is 13.2 Å². The Balaban J connectivity index is 2.12. The Morgan fingerprint density at radius 1 is 0.964 bits per heavy atom. The zero-order valence-electron chi connectivity index (χ0n) is 15.3. The highest BCUT2D eigenvalue weighted by molar-refractivity contribution is 9.10. The summed E-state index contributed by atoms with van der Waals surface area (Å²) < 4.78 is 32.1. The molecular formula is C21H18BrNO4S. The number of ether oxygens (including phenoxy) is 1. The Labute approximate surface area is 172 Å². The van der Waals surface area contributed by atoms with E-state index >= 15 is 0 Å². The summed E-state index contributed by atoms with van der Waals surface area (Å²) >= 11 is 3.37. The Morgan fingerprint density at radius 3 is 2.21 bits per heavy atom. The van der Waals surface area contributed by atoms with E-state index in [2.05, 4.69) is 21.2 Å². The number of halogens is 1. The Morgan fingerprint density at radius 2 is 1.61 bits per heavy atom. The van der Waals surface area contributed by atoms with Crippen LogP contribution in [0.4, 0.5) is 5.69 Å². The van der Waals surface area contributed by atoms with Gasteiger partial charge in [-0.05, 0) is 59.3 Å². The summed E-state index contributed by atoms with van der Waals surface area (Å²) in [4.78, 5) is 12.8. The zero-order chi connectivity index (χ0) is 20.3. The summed E-state index contributed by atoms with van der Waals surface area (Å²) in [7, 11) is -2.39. The van der Waals surface area contributed by atoms with E-state index in [1.165, 1.54) is 13.2 Å². The van der Waals surface area contributed by atoms with Crippen LogP contribution in [0.25, 0.3) is 0 Å². The van der Waals surface area contributed by atoms with Gasteiger partial charge in [-0.1, -0.05) is 35.9 Å². The van der Waals surface area contributed by atoms with Crippen molar-refractivity contribution in [2.24, 2.45) is 0 Å². The topological polar surface area (TPSA) is 72.5 Å². The molecular weight excluding hydrogens is 442 g/mol. The molecule has 1 amide bonds. The third-order valence-corrected chi connectivity index (χ3v) is 6.78. The zero-order valence-corrected chi connectivity index (χ0v) is 17.7. The lowest BCUT2D eigenvalue weighted by atomic mass is 10.2. The van der Waals surface area contributed by atoms with E-state index in [-0.39, 0.29) is 15.5 Å². The quantitative estimate of drug-likeness (QED) is 0.591. The van der Waals surface area contributed by atoms with Gasteiger partial charge in [-0.15, -0.1) is 0 Å². The van der Waals surface area contributed by atoms with Crippen molar-refractivity contribution in [1.29, 1.82) is 0 Å². The molecule has 0 saturated carbocycles. The molecule has 0 saturated heterocycles. The van der Waals surface area contributed by atoms with Crippen molar-refractivity contribution in [2.75, 3.05) is 12.4 Å². The standard InChI is InChI=1S/C21H18BrNO4S/c1-14-8-10-16(11-9-14)28(25,26)18-13-12-17(27-2)19(22)20(18)23-21(24)15-6-4-3-5-7-15/h3-13H,1-2H3,(H,23,24). The lowest BCUT2D eigenvalue weighted by Crippen LogP contribution is -2.16. The van der Waals surface area contributed by atoms with Gasteiger partial charge in [-0.2, -0.15) is 0 Å². The van der Waals surface area contributed by atoms with Crippen LogP contribution in [0.2, 0.25) is 0 Å². The SMILES string of the molecule is COc1ccc(S(=O)(=O)c2ccc(C)cc2)c(NC(=O)c2ccccc2)c1Br. The van der Waals surface area contributed by atoms with Gasteiger partial charge in [-0.25, -0.2) is 8.42 Å².